The number of nitrogens with zero attached hydrogens (tertiary/aromatic N) is 1. The van der Waals surface area contributed by atoms with Gasteiger partial charge in [0.2, 0.25) is 5.91 Å². The van der Waals surface area contributed by atoms with Gasteiger partial charge in [-0.15, -0.1) is 0 Å². The summed E-state index contributed by atoms with van der Waals surface area (Å²) in [7, 11) is 3.48. The van der Waals surface area contributed by atoms with Crippen LogP contribution in [0.15, 0.2) is 53.0 Å². The van der Waals surface area contributed by atoms with Crippen molar-refractivity contribution in [1.29, 1.82) is 0 Å². The fourth-order valence-corrected chi connectivity index (χ4v) is 2.42. The van der Waals surface area contributed by atoms with Crippen LogP contribution in [-0.4, -0.2) is 37.4 Å². The van der Waals surface area contributed by atoms with Gasteiger partial charge in [-0.05, 0) is 48.4 Å². The quantitative estimate of drug-likeness (QED) is 0.768. The zero-order valence-electron chi connectivity index (χ0n) is 14.3. The number of anilines is 1. The largest absolute Gasteiger partial charge is 0.484 e. The zero-order chi connectivity index (χ0) is 18.2. The molecule has 0 heterocycles. The second-order valence-electron chi connectivity index (χ2n) is 5.78. The smallest absolute Gasteiger partial charge is 0.262 e. The van der Waals surface area contributed by atoms with Crippen LogP contribution in [0.1, 0.15) is 12.0 Å². The lowest BCUT2D eigenvalue weighted by Gasteiger charge is -2.11. The molecule has 6 heteroatoms. The van der Waals surface area contributed by atoms with Gasteiger partial charge >= 0.3 is 0 Å². The van der Waals surface area contributed by atoms with Crippen LogP contribution in [0.4, 0.5) is 5.69 Å². The number of nitrogens with one attached hydrogen (secondary N) is 1. The summed E-state index contributed by atoms with van der Waals surface area (Å²) < 4.78 is 6.40. The molecule has 132 valence electrons. The predicted molar refractivity (Wildman–Crippen MR) is 102 cm³/mol. The minimum Gasteiger partial charge on any atom is -0.484 e. The van der Waals surface area contributed by atoms with E-state index < -0.39 is 0 Å². The van der Waals surface area contributed by atoms with Crippen molar-refractivity contribution in [2.75, 3.05) is 26.0 Å². The van der Waals surface area contributed by atoms with Crippen LogP contribution in [0.5, 0.6) is 5.75 Å². The Labute approximate surface area is 156 Å². The van der Waals surface area contributed by atoms with Crippen molar-refractivity contribution in [1.82, 2.24) is 4.90 Å². The van der Waals surface area contributed by atoms with Gasteiger partial charge < -0.3 is 15.0 Å². The van der Waals surface area contributed by atoms with Crippen LogP contribution in [0.2, 0.25) is 0 Å². The summed E-state index contributed by atoms with van der Waals surface area (Å²) in [5.74, 6) is 0.482. The van der Waals surface area contributed by atoms with Crippen molar-refractivity contribution in [2.24, 2.45) is 0 Å². The molecule has 2 amide bonds. The van der Waals surface area contributed by atoms with E-state index in [0.717, 1.165) is 10.0 Å². The molecule has 0 fully saturated rings. The molecule has 0 aromatic heterocycles. The summed E-state index contributed by atoms with van der Waals surface area (Å²) in [6.45, 7) is -0.0645. The highest BCUT2D eigenvalue weighted by molar-refractivity contribution is 9.10. The van der Waals surface area contributed by atoms with Gasteiger partial charge in [-0.25, -0.2) is 0 Å². The number of benzene rings is 2. The lowest BCUT2D eigenvalue weighted by atomic mass is 10.1. The number of carbonyl (C=O) groups is 2. The highest BCUT2D eigenvalue weighted by Gasteiger charge is 2.07. The summed E-state index contributed by atoms with van der Waals surface area (Å²) >= 11 is 3.35. The third kappa shape index (κ3) is 6.58. The predicted octanol–water partition coefficient (Wildman–Crippen LogP) is 3.49. The number of carbonyl (C=O) groups excluding carboxylic acids is 2. The van der Waals surface area contributed by atoms with Crippen molar-refractivity contribution < 1.29 is 14.3 Å². The van der Waals surface area contributed by atoms with Crippen molar-refractivity contribution in [3.8, 4) is 5.75 Å². The van der Waals surface area contributed by atoms with E-state index >= 15 is 0 Å². The van der Waals surface area contributed by atoms with Crippen LogP contribution in [0.25, 0.3) is 0 Å². The molecule has 2 aromatic rings. The Morgan fingerprint density at radius 3 is 2.52 bits per heavy atom. The highest BCUT2D eigenvalue weighted by atomic mass is 79.9. The molecule has 25 heavy (non-hydrogen) atoms. The third-order valence-electron chi connectivity index (χ3n) is 3.52. The number of hydrogen-bond acceptors (Lipinski definition) is 3. The minimum atomic E-state index is -0.232. The molecular weight excluding hydrogens is 384 g/mol. The molecule has 0 atom stereocenters. The topological polar surface area (TPSA) is 58.6 Å². The molecule has 0 aliphatic rings. The lowest BCUT2D eigenvalue weighted by molar-refractivity contribution is -0.128. The Morgan fingerprint density at radius 1 is 1.12 bits per heavy atom. The average Bonchev–Trinajstić information content (AvgIpc) is 2.59. The summed E-state index contributed by atoms with van der Waals surface area (Å²) in [6, 6.07) is 14.8. The van der Waals surface area contributed by atoms with Gasteiger partial charge in [0.25, 0.3) is 5.91 Å². The first kappa shape index (κ1) is 19.0. The number of rotatable bonds is 7. The highest BCUT2D eigenvalue weighted by Crippen LogP contribution is 2.16. The van der Waals surface area contributed by atoms with E-state index in [2.05, 4.69) is 21.2 Å². The van der Waals surface area contributed by atoms with Crippen LogP contribution >= 0.6 is 15.9 Å². The van der Waals surface area contributed by atoms with E-state index in [-0.39, 0.29) is 18.4 Å². The van der Waals surface area contributed by atoms with Crippen LogP contribution < -0.4 is 10.1 Å². The summed E-state index contributed by atoms with van der Waals surface area (Å²) in [6.07, 6.45) is 1.08. The first-order valence-corrected chi connectivity index (χ1v) is 8.70. The Hall–Kier alpha value is -2.34. The molecule has 0 bridgehead atoms. The molecule has 0 radical (unpaired) electrons. The van der Waals surface area contributed by atoms with E-state index in [0.29, 0.717) is 24.3 Å². The summed E-state index contributed by atoms with van der Waals surface area (Å²) in [5.41, 5.74) is 1.70. The fraction of sp³-hybridized carbons (Fsp3) is 0.263. The maximum Gasteiger partial charge on any atom is 0.262 e. The second kappa shape index (κ2) is 9.22. The summed E-state index contributed by atoms with van der Waals surface area (Å²) in [5, 5.41) is 2.81. The monoisotopic (exact) mass is 404 g/mol. The van der Waals surface area contributed by atoms with Crippen molar-refractivity contribution in [3.05, 3.63) is 58.6 Å². The first-order valence-electron chi connectivity index (χ1n) is 7.91. The molecule has 0 unspecified atom stereocenters. The van der Waals surface area contributed by atoms with E-state index in [4.69, 9.17) is 4.74 Å². The van der Waals surface area contributed by atoms with Gasteiger partial charge in [0, 0.05) is 30.7 Å². The van der Waals surface area contributed by atoms with Crippen LogP contribution in [0.3, 0.4) is 0 Å². The number of amides is 2. The number of halogens is 1. The molecule has 2 rings (SSSR count). The molecule has 0 saturated carbocycles. The Morgan fingerprint density at radius 2 is 1.84 bits per heavy atom. The van der Waals surface area contributed by atoms with Crippen LogP contribution in [-0.2, 0) is 16.0 Å². The minimum absolute atomic E-state index is 0.0645. The zero-order valence-corrected chi connectivity index (χ0v) is 15.9. The van der Waals surface area contributed by atoms with Crippen LogP contribution in [0, 0.1) is 0 Å². The SMILES string of the molecule is CN(C)C(=O)CCc1cccc(NC(=O)COc2ccc(Br)cc2)c1. The van der Waals surface area contributed by atoms with Crippen molar-refractivity contribution in [3.63, 3.8) is 0 Å². The molecule has 1 N–H and O–H groups in total. The van der Waals surface area contributed by atoms with Gasteiger partial charge in [-0.2, -0.15) is 0 Å². The molecule has 2 aromatic carbocycles. The third-order valence-corrected chi connectivity index (χ3v) is 4.05. The van der Waals surface area contributed by atoms with Gasteiger partial charge in [0.15, 0.2) is 6.61 Å². The Bertz CT molecular complexity index is 730. The van der Waals surface area contributed by atoms with Gasteiger partial charge in [0.05, 0.1) is 0 Å². The Kier molecular flexibility index (Phi) is 7.01. The molecule has 0 spiro atoms. The van der Waals surface area contributed by atoms with E-state index in [1.54, 1.807) is 31.1 Å². The number of ether oxygens (including phenoxy) is 1. The van der Waals surface area contributed by atoms with Crippen molar-refractivity contribution in [2.45, 2.75) is 12.8 Å². The van der Waals surface area contributed by atoms with Crippen molar-refractivity contribution >= 4 is 33.4 Å². The standard InChI is InChI=1S/C19H21BrN2O3/c1-22(2)19(24)11-6-14-4-3-5-16(12-14)21-18(23)13-25-17-9-7-15(20)8-10-17/h3-5,7-10,12H,6,11,13H2,1-2H3,(H,21,23). The van der Waals surface area contributed by atoms with Gasteiger partial charge in [-0.3, -0.25) is 9.59 Å². The molecular formula is C19H21BrN2O3. The van der Waals surface area contributed by atoms with E-state index in [1.165, 1.54) is 0 Å². The molecule has 0 aliphatic carbocycles. The molecule has 5 nitrogen and oxygen atoms in total. The average molecular weight is 405 g/mol. The maximum atomic E-state index is 12.0. The molecule has 0 saturated heterocycles. The number of aryl methyl sites for hydroxylation is 1. The maximum absolute atomic E-state index is 12.0. The van der Waals surface area contributed by atoms with E-state index in [1.807, 2.05) is 36.4 Å². The second-order valence-corrected chi connectivity index (χ2v) is 6.69. The van der Waals surface area contributed by atoms with E-state index in [9.17, 15) is 9.59 Å². The first-order chi connectivity index (χ1) is 11.9. The fourth-order valence-electron chi connectivity index (χ4n) is 2.16. The number of hydrogen-bond donors (Lipinski definition) is 1. The van der Waals surface area contributed by atoms with Gasteiger partial charge in [-0.1, -0.05) is 28.1 Å². The lowest BCUT2D eigenvalue weighted by Crippen LogP contribution is -2.22. The summed E-state index contributed by atoms with van der Waals surface area (Å²) in [4.78, 5) is 25.2. The van der Waals surface area contributed by atoms with Gasteiger partial charge in [0.1, 0.15) is 5.75 Å². The molecule has 0 aliphatic heterocycles. The Balaban J connectivity index is 1.84. The normalized spacial score (nSPS) is 10.2.